The minimum atomic E-state index is 0.840. The molecular weight excluding hydrogens is 198 g/mol. The Labute approximate surface area is 95.1 Å². The van der Waals surface area contributed by atoms with Crippen LogP contribution in [0.25, 0.3) is 11.0 Å². The predicted octanol–water partition coefficient (Wildman–Crippen LogP) is 2.23. The van der Waals surface area contributed by atoms with Crippen LogP contribution in [0, 0.1) is 0 Å². The predicted molar refractivity (Wildman–Crippen MR) is 64.0 cm³/mol. The highest BCUT2D eigenvalue weighted by molar-refractivity contribution is 5.74. The molecule has 1 saturated heterocycles. The quantitative estimate of drug-likeness (QED) is 0.766. The van der Waals surface area contributed by atoms with Crippen LogP contribution in [0.1, 0.15) is 18.4 Å². The molecule has 1 fully saturated rings. The molecule has 0 saturated carbocycles. The smallest absolute Gasteiger partial charge is 0.159 e. The van der Waals surface area contributed by atoms with Gasteiger partial charge in [0.2, 0.25) is 0 Å². The Kier molecular flexibility index (Phi) is 2.54. The number of aromatic nitrogens is 2. The number of nitrogens with zero attached hydrogens (tertiary/aromatic N) is 3. The second kappa shape index (κ2) is 4.18. The second-order valence-corrected chi connectivity index (χ2v) is 4.38. The molecule has 3 rings (SSSR count). The molecule has 0 atom stereocenters. The Morgan fingerprint density at radius 3 is 2.94 bits per heavy atom. The molecule has 2 aromatic heterocycles. The average Bonchev–Trinajstić information content (AvgIpc) is 2.82. The molecule has 0 amide bonds. The number of hydrogen-bond donors (Lipinski definition) is 0. The van der Waals surface area contributed by atoms with E-state index in [1.54, 1.807) is 6.20 Å². The van der Waals surface area contributed by atoms with Gasteiger partial charge in [0.05, 0.1) is 0 Å². The van der Waals surface area contributed by atoms with E-state index in [0.29, 0.717) is 0 Å². The largest absolute Gasteiger partial charge is 0.299 e. The van der Waals surface area contributed by atoms with Crippen LogP contribution in [0.2, 0.25) is 0 Å². The van der Waals surface area contributed by atoms with E-state index in [-0.39, 0.29) is 0 Å². The van der Waals surface area contributed by atoms with Gasteiger partial charge in [-0.3, -0.25) is 4.90 Å². The lowest BCUT2D eigenvalue weighted by atomic mass is 10.2. The first kappa shape index (κ1) is 9.73. The Bertz CT molecular complexity index is 489. The van der Waals surface area contributed by atoms with Crippen LogP contribution in [-0.4, -0.2) is 28.0 Å². The van der Waals surface area contributed by atoms with Gasteiger partial charge < -0.3 is 0 Å². The maximum absolute atomic E-state index is 4.39. The molecule has 3 heteroatoms. The number of pyridine rings is 2. The average molecular weight is 213 g/mol. The first-order chi connectivity index (χ1) is 7.92. The summed E-state index contributed by atoms with van der Waals surface area (Å²) in [6.45, 7) is 3.48. The van der Waals surface area contributed by atoms with Gasteiger partial charge >= 0.3 is 0 Å². The number of fused-ring (bicyclic) bond motifs is 1. The fourth-order valence-electron chi connectivity index (χ4n) is 2.30. The van der Waals surface area contributed by atoms with E-state index < -0.39 is 0 Å². The Morgan fingerprint density at radius 1 is 1.19 bits per heavy atom. The molecule has 3 nitrogen and oxygen atoms in total. The number of rotatable bonds is 2. The second-order valence-electron chi connectivity index (χ2n) is 4.38. The van der Waals surface area contributed by atoms with Crippen LogP contribution in [-0.2, 0) is 6.54 Å². The molecule has 1 aliphatic heterocycles. The van der Waals surface area contributed by atoms with Gasteiger partial charge in [-0.2, -0.15) is 0 Å². The van der Waals surface area contributed by atoms with Crippen LogP contribution < -0.4 is 0 Å². The van der Waals surface area contributed by atoms with Crippen molar-refractivity contribution in [2.45, 2.75) is 19.4 Å². The molecule has 82 valence electrons. The van der Waals surface area contributed by atoms with Gasteiger partial charge in [-0.05, 0) is 49.7 Å². The highest BCUT2D eigenvalue weighted by Gasteiger charge is 2.11. The van der Waals surface area contributed by atoms with Crippen molar-refractivity contribution in [2.24, 2.45) is 0 Å². The summed E-state index contributed by atoms with van der Waals surface area (Å²) < 4.78 is 0. The van der Waals surface area contributed by atoms with Crippen molar-refractivity contribution in [1.29, 1.82) is 0 Å². The lowest BCUT2D eigenvalue weighted by Crippen LogP contribution is -2.18. The molecule has 0 N–H and O–H groups in total. The Morgan fingerprint density at radius 2 is 2.06 bits per heavy atom. The van der Waals surface area contributed by atoms with Crippen molar-refractivity contribution < 1.29 is 0 Å². The zero-order chi connectivity index (χ0) is 10.8. The summed E-state index contributed by atoms with van der Waals surface area (Å²) >= 11 is 0. The third kappa shape index (κ3) is 1.91. The zero-order valence-corrected chi connectivity index (χ0v) is 9.26. The topological polar surface area (TPSA) is 29.0 Å². The Hall–Kier alpha value is -1.48. The molecule has 2 aromatic rings. The molecule has 3 heterocycles. The van der Waals surface area contributed by atoms with Gasteiger partial charge in [0.25, 0.3) is 0 Å². The van der Waals surface area contributed by atoms with Crippen molar-refractivity contribution in [2.75, 3.05) is 13.1 Å². The van der Waals surface area contributed by atoms with Crippen molar-refractivity contribution in [1.82, 2.24) is 14.9 Å². The number of likely N-dealkylation sites (tertiary alicyclic amines) is 1. The van der Waals surface area contributed by atoms with Gasteiger partial charge in [-0.25, -0.2) is 9.97 Å². The molecule has 0 radical (unpaired) electrons. The molecule has 16 heavy (non-hydrogen) atoms. The van der Waals surface area contributed by atoms with E-state index in [4.69, 9.17) is 0 Å². The van der Waals surface area contributed by atoms with E-state index >= 15 is 0 Å². The van der Waals surface area contributed by atoms with Crippen molar-refractivity contribution in [3.05, 3.63) is 36.2 Å². The lowest BCUT2D eigenvalue weighted by molar-refractivity contribution is 0.331. The van der Waals surface area contributed by atoms with Crippen LogP contribution in [0.3, 0.4) is 0 Å². The van der Waals surface area contributed by atoms with Gasteiger partial charge in [-0.1, -0.05) is 0 Å². The highest BCUT2D eigenvalue weighted by atomic mass is 15.1. The first-order valence-corrected chi connectivity index (χ1v) is 5.84. The lowest BCUT2D eigenvalue weighted by Gasteiger charge is -2.14. The third-order valence-corrected chi connectivity index (χ3v) is 3.12. The van der Waals surface area contributed by atoms with E-state index in [2.05, 4.69) is 27.0 Å². The van der Waals surface area contributed by atoms with Gasteiger partial charge in [0.1, 0.15) is 0 Å². The molecule has 0 spiro atoms. The normalized spacial score (nSPS) is 17.0. The van der Waals surface area contributed by atoms with Crippen molar-refractivity contribution in [3.8, 4) is 0 Å². The molecule has 0 unspecified atom stereocenters. The van der Waals surface area contributed by atoms with Crippen molar-refractivity contribution >= 4 is 11.0 Å². The Balaban J connectivity index is 1.86. The minimum Gasteiger partial charge on any atom is -0.299 e. The van der Waals surface area contributed by atoms with Gasteiger partial charge in [0.15, 0.2) is 5.65 Å². The summed E-state index contributed by atoms with van der Waals surface area (Å²) in [7, 11) is 0. The first-order valence-electron chi connectivity index (χ1n) is 5.84. The summed E-state index contributed by atoms with van der Waals surface area (Å²) in [6.07, 6.45) is 6.41. The van der Waals surface area contributed by atoms with Crippen LogP contribution in [0.15, 0.2) is 30.6 Å². The van der Waals surface area contributed by atoms with Crippen LogP contribution in [0.4, 0.5) is 0 Å². The fraction of sp³-hybridized carbons (Fsp3) is 0.385. The molecule has 0 aromatic carbocycles. The summed E-state index contributed by atoms with van der Waals surface area (Å²) in [5.41, 5.74) is 2.13. The third-order valence-electron chi connectivity index (χ3n) is 3.12. The SMILES string of the molecule is c1cnc2ncc(CN3CCCC3)cc2c1. The van der Waals surface area contributed by atoms with E-state index in [1.165, 1.54) is 31.5 Å². The van der Waals surface area contributed by atoms with Crippen LogP contribution >= 0.6 is 0 Å². The highest BCUT2D eigenvalue weighted by Crippen LogP contribution is 2.15. The minimum absolute atomic E-state index is 0.840. The zero-order valence-electron chi connectivity index (χ0n) is 9.26. The summed E-state index contributed by atoms with van der Waals surface area (Å²) in [5.74, 6) is 0. The summed E-state index contributed by atoms with van der Waals surface area (Å²) in [5, 5.41) is 1.14. The molecule has 1 aliphatic rings. The number of hydrogen-bond acceptors (Lipinski definition) is 3. The maximum Gasteiger partial charge on any atom is 0.159 e. The van der Waals surface area contributed by atoms with E-state index in [1.807, 2.05) is 12.3 Å². The van der Waals surface area contributed by atoms with E-state index in [9.17, 15) is 0 Å². The van der Waals surface area contributed by atoms with Gasteiger partial charge in [0, 0.05) is 24.3 Å². The monoisotopic (exact) mass is 213 g/mol. The fourth-order valence-corrected chi connectivity index (χ4v) is 2.30. The summed E-state index contributed by atoms with van der Waals surface area (Å²) in [4.78, 5) is 11.1. The molecule has 0 bridgehead atoms. The maximum atomic E-state index is 4.39. The molecule has 0 aliphatic carbocycles. The molecular formula is C13H15N3. The standard InChI is InChI=1S/C13H15N3/c1-2-7-16(6-1)10-11-8-12-4-3-5-14-13(12)15-9-11/h3-5,8-9H,1-2,6-7,10H2. The summed E-state index contributed by atoms with van der Waals surface area (Å²) in [6, 6.07) is 6.24. The van der Waals surface area contributed by atoms with Crippen LogP contribution in [0.5, 0.6) is 0 Å². The van der Waals surface area contributed by atoms with Gasteiger partial charge in [-0.15, -0.1) is 0 Å². The van der Waals surface area contributed by atoms with Crippen molar-refractivity contribution in [3.63, 3.8) is 0 Å². The van der Waals surface area contributed by atoms with E-state index in [0.717, 1.165) is 17.6 Å².